The first kappa shape index (κ1) is 19.1. The van der Waals surface area contributed by atoms with Crippen molar-refractivity contribution in [3.05, 3.63) is 59.7 Å². The second-order valence-electron chi connectivity index (χ2n) is 7.31. The van der Waals surface area contributed by atoms with Crippen LogP contribution in [0.1, 0.15) is 30.9 Å². The lowest BCUT2D eigenvalue weighted by atomic mass is 9.96. The summed E-state index contributed by atoms with van der Waals surface area (Å²) in [5, 5.41) is 5.74. The molecule has 2 N–H and O–H groups in total. The maximum Gasteiger partial charge on any atom is 0.228 e. The molecule has 27 heavy (non-hydrogen) atoms. The Balaban J connectivity index is 1.58. The van der Waals surface area contributed by atoms with Gasteiger partial charge in [0.25, 0.3) is 0 Å². The van der Waals surface area contributed by atoms with Crippen LogP contribution in [0.3, 0.4) is 0 Å². The van der Waals surface area contributed by atoms with Crippen LogP contribution in [0.25, 0.3) is 0 Å². The minimum atomic E-state index is -0.127. The Morgan fingerprint density at radius 3 is 2.48 bits per heavy atom. The van der Waals surface area contributed by atoms with Crippen LogP contribution in [0.2, 0.25) is 0 Å². The minimum absolute atomic E-state index is 0.0198. The molecule has 1 aliphatic rings. The Labute approximate surface area is 160 Å². The highest BCUT2D eigenvalue weighted by atomic mass is 16.2. The van der Waals surface area contributed by atoms with Crippen molar-refractivity contribution in [1.82, 2.24) is 4.90 Å². The first-order valence-electron chi connectivity index (χ1n) is 9.46. The summed E-state index contributed by atoms with van der Waals surface area (Å²) in [6.45, 7) is 6.23. The van der Waals surface area contributed by atoms with Gasteiger partial charge < -0.3 is 10.6 Å². The molecule has 3 rings (SSSR count). The smallest absolute Gasteiger partial charge is 0.228 e. The number of likely N-dealkylation sites (tertiary alicyclic amines) is 1. The standard InChI is InChI=1S/C22H27N3O2/c1-16-8-10-18(11-9-16)14-25-12-4-5-19(15-25)22(27)24-21-7-3-6-20(13-21)23-17(2)26/h3,6-11,13,19H,4-5,12,14-15H2,1-2H3,(H,23,26)(H,24,27). The molecule has 0 aliphatic carbocycles. The highest BCUT2D eigenvalue weighted by molar-refractivity contribution is 5.94. The Morgan fingerprint density at radius 1 is 1.07 bits per heavy atom. The first-order chi connectivity index (χ1) is 13.0. The molecule has 5 nitrogen and oxygen atoms in total. The first-order valence-corrected chi connectivity index (χ1v) is 9.46. The number of hydrogen-bond donors (Lipinski definition) is 2. The Kier molecular flexibility index (Phi) is 6.24. The van der Waals surface area contributed by atoms with E-state index < -0.39 is 0 Å². The fourth-order valence-electron chi connectivity index (χ4n) is 3.49. The monoisotopic (exact) mass is 365 g/mol. The molecule has 5 heteroatoms. The van der Waals surface area contributed by atoms with Crippen LogP contribution < -0.4 is 10.6 Å². The summed E-state index contributed by atoms with van der Waals surface area (Å²) in [7, 11) is 0. The number of anilines is 2. The maximum absolute atomic E-state index is 12.7. The van der Waals surface area contributed by atoms with Crippen LogP contribution in [-0.4, -0.2) is 29.8 Å². The number of piperidine rings is 1. The number of hydrogen-bond acceptors (Lipinski definition) is 3. The predicted octanol–water partition coefficient (Wildman–Crippen LogP) is 3.80. The second-order valence-corrected chi connectivity index (χ2v) is 7.31. The molecule has 1 fully saturated rings. The van der Waals surface area contributed by atoms with Gasteiger partial charge in [-0.25, -0.2) is 0 Å². The van der Waals surface area contributed by atoms with Crippen LogP contribution >= 0.6 is 0 Å². The van der Waals surface area contributed by atoms with Gasteiger partial charge in [-0.05, 0) is 50.1 Å². The lowest BCUT2D eigenvalue weighted by Crippen LogP contribution is -2.40. The van der Waals surface area contributed by atoms with Crippen molar-refractivity contribution in [2.24, 2.45) is 5.92 Å². The summed E-state index contributed by atoms with van der Waals surface area (Å²) in [5.74, 6) is -0.102. The van der Waals surface area contributed by atoms with Crippen LogP contribution in [0, 0.1) is 12.8 Å². The third-order valence-electron chi connectivity index (χ3n) is 4.85. The zero-order valence-corrected chi connectivity index (χ0v) is 16.0. The van der Waals surface area contributed by atoms with Crippen LogP contribution in [-0.2, 0) is 16.1 Å². The van der Waals surface area contributed by atoms with E-state index in [0.717, 1.165) is 32.5 Å². The van der Waals surface area contributed by atoms with E-state index in [-0.39, 0.29) is 17.7 Å². The molecule has 0 spiro atoms. The molecule has 1 aliphatic heterocycles. The number of amides is 2. The largest absolute Gasteiger partial charge is 0.326 e. The summed E-state index contributed by atoms with van der Waals surface area (Å²) in [4.78, 5) is 26.3. The molecule has 0 radical (unpaired) electrons. The zero-order valence-electron chi connectivity index (χ0n) is 16.0. The van der Waals surface area contributed by atoms with Crippen LogP contribution in [0.5, 0.6) is 0 Å². The fraction of sp³-hybridized carbons (Fsp3) is 0.364. The number of carbonyl (C=O) groups excluding carboxylic acids is 2. The van der Waals surface area contributed by atoms with E-state index >= 15 is 0 Å². The van der Waals surface area contributed by atoms with Gasteiger partial charge >= 0.3 is 0 Å². The zero-order chi connectivity index (χ0) is 19.2. The van der Waals surface area contributed by atoms with Gasteiger partial charge in [-0.1, -0.05) is 35.9 Å². The van der Waals surface area contributed by atoms with Gasteiger partial charge in [-0.15, -0.1) is 0 Å². The summed E-state index contributed by atoms with van der Waals surface area (Å²) >= 11 is 0. The van der Waals surface area contributed by atoms with E-state index in [1.54, 1.807) is 12.1 Å². The molecule has 0 saturated carbocycles. The summed E-state index contributed by atoms with van der Waals surface area (Å²) in [6.07, 6.45) is 1.93. The lowest BCUT2D eigenvalue weighted by molar-refractivity contribution is -0.121. The maximum atomic E-state index is 12.7. The number of carbonyl (C=O) groups is 2. The molecule has 1 unspecified atom stereocenters. The Bertz CT molecular complexity index is 801. The average molecular weight is 365 g/mol. The SMILES string of the molecule is CC(=O)Nc1cccc(NC(=O)C2CCCN(Cc3ccc(C)cc3)C2)c1. The van der Waals surface area contributed by atoms with Gasteiger partial charge in [-0.2, -0.15) is 0 Å². The topological polar surface area (TPSA) is 61.4 Å². The van der Waals surface area contributed by atoms with Gasteiger partial charge in [0.05, 0.1) is 5.92 Å². The van der Waals surface area contributed by atoms with E-state index in [1.165, 1.54) is 18.1 Å². The molecule has 2 aromatic carbocycles. The number of benzene rings is 2. The molecule has 2 aromatic rings. The molecular weight excluding hydrogens is 338 g/mol. The van der Waals surface area contributed by atoms with Crippen molar-refractivity contribution < 1.29 is 9.59 Å². The third-order valence-corrected chi connectivity index (χ3v) is 4.85. The van der Waals surface area contributed by atoms with Crippen LogP contribution in [0.15, 0.2) is 48.5 Å². The quantitative estimate of drug-likeness (QED) is 0.847. The molecule has 1 saturated heterocycles. The fourth-order valence-corrected chi connectivity index (χ4v) is 3.49. The minimum Gasteiger partial charge on any atom is -0.326 e. The molecule has 142 valence electrons. The number of nitrogens with one attached hydrogen (secondary N) is 2. The Hall–Kier alpha value is -2.66. The molecule has 0 bridgehead atoms. The van der Waals surface area contributed by atoms with Crippen molar-refractivity contribution in [1.29, 1.82) is 0 Å². The molecular formula is C22H27N3O2. The summed E-state index contributed by atoms with van der Waals surface area (Å²) < 4.78 is 0. The summed E-state index contributed by atoms with van der Waals surface area (Å²) in [5.41, 5.74) is 3.94. The van der Waals surface area contributed by atoms with Crippen LogP contribution in [0.4, 0.5) is 11.4 Å². The molecule has 1 heterocycles. The highest BCUT2D eigenvalue weighted by Crippen LogP contribution is 2.22. The van der Waals surface area contributed by atoms with Crippen molar-refractivity contribution in [2.75, 3.05) is 23.7 Å². The van der Waals surface area contributed by atoms with E-state index in [1.807, 2.05) is 12.1 Å². The van der Waals surface area contributed by atoms with Gasteiger partial charge in [0.15, 0.2) is 0 Å². The normalized spacial score (nSPS) is 17.3. The Morgan fingerprint density at radius 2 is 1.78 bits per heavy atom. The molecule has 1 atom stereocenters. The number of rotatable bonds is 5. The number of nitrogens with zero attached hydrogens (tertiary/aromatic N) is 1. The molecule has 2 amide bonds. The summed E-state index contributed by atoms with van der Waals surface area (Å²) in [6, 6.07) is 15.8. The molecule has 0 aromatic heterocycles. The van der Waals surface area contributed by atoms with E-state index in [0.29, 0.717) is 11.4 Å². The van der Waals surface area contributed by atoms with Crippen molar-refractivity contribution in [3.8, 4) is 0 Å². The third kappa shape index (κ3) is 5.66. The van der Waals surface area contributed by atoms with Gasteiger partial charge in [0, 0.05) is 31.4 Å². The highest BCUT2D eigenvalue weighted by Gasteiger charge is 2.25. The number of aryl methyl sites for hydroxylation is 1. The second kappa shape index (κ2) is 8.82. The van der Waals surface area contributed by atoms with Crippen molar-refractivity contribution >= 4 is 23.2 Å². The van der Waals surface area contributed by atoms with Gasteiger partial charge in [-0.3, -0.25) is 14.5 Å². The van der Waals surface area contributed by atoms with Gasteiger partial charge in [0.1, 0.15) is 0 Å². The van der Waals surface area contributed by atoms with E-state index in [9.17, 15) is 9.59 Å². The van der Waals surface area contributed by atoms with E-state index in [4.69, 9.17) is 0 Å². The lowest BCUT2D eigenvalue weighted by Gasteiger charge is -2.32. The van der Waals surface area contributed by atoms with E-state index in [2.05, 4.69) is 46.7 Å². The predicted molar refractivity (Wildman–Crippen MR) is 109 cm³/mol. The van der Waals surface area contributed by atoms with Crippen molar-refractivity contribution in [3.63, 3.8) is 0 Å². The van der Waals surface area contributed by atoms with Crippen molar-refractivity contribution in [2.45, 2.75) is 33.2 Å². The van der Waals surface area contributed by atoms with Gasteiger partial charge in [0.2, 0.25) is 11.8 Å². The average Bonchev–Trinajstić information content (AvgIpc) is 2.64.